The van der Waals surface area contributed by atoms with E-state index in [9.17, 15) is 0 Å². The van der Waals surface area contributed by atoms with E-state index >= 15 is 0 Å². The molecule has 0 amide bonds. The molecule has 0 aromatic carbocycles. The van der Waals surface area contributed by atoms with Crippen LogP contribution < -0.4 is 10.6 Å². The Morgan fingerprint density at radius 2 is 1.78 bits per heavy atom. The molecule has 0 spiro atoms. The lowest BCUT2D eigenvalue weighted by Crippen LogP contribution is -2.38. The SMILES string of the molecule is CCCCOCCCN=C(NCC)NCCCN1CCCC1.I. The molecule has 0 bridgehead atoms. The van der Waals surface area contributed by atoms with Gasteiger partial charge in [0.15, 0.2) is 5.96 Å². The average Bonchev–Trinajstić information content (AvgIpc) is 3.03. The standard InChI is InChI=1S/C17H36N4O.HI/c1-3-5-15-22-16-9-11-20-17(18-4-2)19-10-8-14-21-12-6-7-13-21;/h3-16H2,1-2H3,(H2,18,19,20);1H. The minimum atomic E-state index is 0. The van der Waals surface area contributed by atoms with Crippen LogP contribution in [-0.4, -0.2) is 63.3 Å². The van der Waals surface area contributed by atoms with E-state index in [0.29, 0.717) is 0 Å². The van der Waals surface area contributed by atoms with Crippen molar-refractivity contribution in [2.45, 2.75) is 52.4 Å². The first kappa shape index (κ1) is 22.9. The van der Waals surface area contributed by atoms with E-state index in [0.717, 1.165) is 51.6 Å². The molecular weight excluding hydrogens is 403 g/mol. The van der Waals surface area contributed by atoms with Gasteiger partial charge in [0.05, 0.1) is 0 Å². The first-order valence-corrected chi connectivity index (χ1v) is 9.19. The van der Waals surface area contributed by atoms with Crippen LogP contribution in [0.15, 0.2) is 4.99 Å². The molecular formula is C17H37IN4O. The van der Waals surface area contributed by atoms with E-state index in [2.05, 4.69) is 34.4 Å². The highest BCUT2D eigenvalue weighted by Gasteiger charge is 2.10. The third-order valence-electron chi connectivity index (χ3n) is 3.85. The third-order valence-corrected chi connectivity index (χ3v) is 3.85. The highest BCUT2D eigenvalue weighted by Crippen LogP contribution is 2.06. The second-order valence-electron chi connectivity index (χ2n) is 5.91. The summed E-state index contributed by atoms with van der Waals surface area (Å²) in [7, 11) is 0. The quantitative estimate of drug-likeness (QED) is 0.212. The zero-order valence-corrected chi connectivity index (χ0v) is 17.4. The van der Waals surface area contributed by atoms with E-state index in [1.165, 1.54) is 45.3 Å². The molecule has 2 N–H and O–H groups in total. The van der Waals surface area contributed by atoms with Gasteiger partial charge in [-0.05, 0) is 58.7 Å². The molecule has 1 heterocycles. The summed E-state index contributed by atoms with van der Waals surface area (Å²) in [5.74, 6) is 0.942. The van der Waals surface area contributed by atoms with Gasteiger partial charge in [0.2, 0.25) is 0 Å². The van der Waals surface area contributed by atoms with Gasteiger partial charge < -0.3 is 20.3 Å². The van der Waals surface area contributed by atoms with Crippen molar-refractivity contribution in [1.82, 2.24) is 15.5 Å². The second-order valence-corrected chi connectivity index (χ2v) is 5.91. The number of rotatable bonds is 12. The van der Waals surface area contributed by atoms with Crippen molar-refractivity contribution in [3.63, 3.8) is 0 Å². The first-order valence-electron chi connectivity index (χ1n) is 9.19. The van der Waals surface area contributed by atoms with Gasteiger partial charge >= 0.3 is 0 Å². The Morgan fingerprint density at radius 3 is 2.48 bits per heavy atom. The summed E-state index contributed by atoms with van der Waals surface area (Å²) in [5.41, 5.74) is 0. The van der Waals surface area contributed by atoms with Crippen molar-refractivity contribution in [2.24, 2.45) is 4.99 Å². The number of unbranched alkanes of at least 4 members (excludes halogenated alkanes) is 1. The number of hydrogen-bond donors (Lipinski definition) is 2. The molecule has 1 aliphatic rings. The van der Waals surface area contributed by atoms with E-state index in [-0.39, 0.29) is 24.0 Å². The monoisotopic (exact) mass is 440 g/mol. The van der Waals surface area contributed by atoms with Crippen LogP contribution in [-0.2, 0) is 4.74 Å². The lowest BCUT2D eigenvalue weighted by molar-refractivity contribution is 0.130. The summed E-state index contributed by atoms with van der Waals surface area (Å²) in [6, 6.07) is 0. The molecule has 0 aromatic heterocycles. The fraction of sp³-hybridized carbons (Fsp3) is 0.941. The number of halogens is 1. The Hall–Kier alpha value is -0.0800. The normalized spacial score (nSPS) is 15.5. The van der Waals surface area contributed by atoms with Gasteiger partial charge in [0, 0.05) is 32.8 Å². The van der Waals surface area contributed by atoms with Crippen molar-refractivity contribution in [3.05, 3.63) is 0 Å². The molecule has 0 radical (unpaired) electrons. The van der Waals surface area contributed by atoms with Crippen LogP contribution in [0.5, 0.6) is 0 Å². The van der Waals surface area contributed by atoms with Crippen molar-refractivity contribution in [2.75, 3.05) is 52.5 Å². The zero-order valence-electron chi connectivity index (χ0n) is 15.1. The van der Waals surface area contributed by atoms with Gasteiger partial charge in [0.1, 0.15) is 0 Å². The number of nitrogens with one attached hydrogen (secondary N) is 2. The maximum absolute atomic E-state index is 5.56. The molecule has 1 saturated heterocycles. The number of aliphatic imine (C=N–C) groups is 1. The molecule has 1 aliphatic heterocycles. The minimum Gasteiger partial charge on any atom is -0.381 e. The molecule has 0 unspecified atom stereocenters. The van der Waals surface area contributed by atoms with Gasteiger partial charge in [-0.3, -0.25) is 4.99 Å². The molecule has 0 aliphatic carbocycles. The second kappa shape index (κ2) is 16.8. The Bertz CT molecular complexity index is 284. The topological polar surface area (TPSA) is 48.9 Å². The Morgan fingerprint density at radius 1 is 1.04 bits per heavy atom. The minimum absolute atomic E-state index is 0. The summed E-state index contributed by atoms with van der Waals surface area (Å²) < 4.78 is 5.56. The van der Waals surface area contributed by atoms with Gasteiger partial charge in [-0.25, -0.2) is 0 Å². The first-order chi connectivity index (χ1) is 10.9. The fourth-order valence-electron chi connectivity index (χ4n) is 2.56. The van der Waals surface area contributed by atoms with Crippen molar-refractivity contribution >= 4 is 29.9 Å². The molecule has 6 heteroatoms. The summed E-state index contributed by atoms with van der Waals surface area (Å²) >= 11 is 0. The maximum Gasteiger partial charge on any atom is 0.191 e. The molecule has 23 heavy (non-hydrogen) atoms. The van der Waals surface area contributed by atoms with Crippen LogP contribution in [0.1, 0.15) is 52.4 Å². The van der Waals surface area contributed by atoms with Crippen LogP contribution in [0, 0.1) is 0 Å². The lowest BCUT2D eigenvalue weighted by atomic mass is 10.4. The number of ether oxygens (including phenoxy) is 1. The summed E-state index contributed by atoms with van der Waals surface area (Å²) in [4.78, 5) is 7.16. The molecule has 0 aromatic rings. The van der Waals surface area contributed by atoms with E-state index in [1.807, 2.05) is 0 Å². The number of hydrogen-bond acceptors (Lipinski definition) is 3. The fourth-order valence-corrected chi connectivity index (χ4v) is 2.56. The number of likely N-dealkylation sites (tertiary alicyclic amines) is 1. The Labute approximate surface area is 160 Å². The average molecular weight is 440 g/mol. The van der Waals surface area contributed by atoms with Crippen molar-refractivity contribution < 1.29 is 4.74 Å². The molecule has 1 fully saturated rings. The number of nitrogens with zero attached hydrogens (tertiary/aromatic N) is 2. The highest BCUT2D eigenvalue weighted by atomic mass is 127. The van der Waals surface area contributed by atoms with E-state index in [4.69, 9.17) is 4.74 Å². The molecule has 0 atom stereocenters. The summed E-state index contributed by atoms with van der Waals surface area (Å²) in [6.45, 7) is 12.5. The Kier molecular flexibility index (Phi) is 16.7. The van der Waals surface area contributed by atoms with Gasteiger partial charge in [-0.1, -0.05) is 13.3 Å². The predicted octanol–water partition coefficient (Wildman–Crippen LogP) is 2.85. The molecule has 0 saturated carbocycles. The predicted molar refractivity (Wildman–Crippen MR) is 110 cm³/mol. The van der Waals surface area contributed by atoms with Crippen LogP contribution in [0.4, 0.5) is 0 Å². The largest absolute Gasteiger partial charge is 0.381 e. The van der Waals surface area contributed by atoms with Gasteiger partial charge in [-0.15, -0.1) is 24.0 Å². The maximum atomic E-state index is 5.56. The zero-order chi connectivity index (χ0) is 15.9. The van der Waals surface area contributed by atoms with Crippen LogP contribution in [0.25, 0.3) is 0 Å². The molecule has 1 rings (SSSR count). The third kappa shape index (κ3) is 12.9. The van der Waals surface area contributed by atoms with Crippen LogP contribution >= 0.6 is 24.0 Å². The Balaban J connectivity index is 0.00000484. The summed E-state index contributed by atoms with van der Waals surface area (Å²) in [5, 5.41) is 6.73. The van der Waals surface area contributed by atoms with Crippen molar-refractivity contribution in [3.8, 4) is 0 Å². The molecule has 138 valence electrons. The van der Waals surface area contributed by atoms with E-state index < -0.39 is 0 Å². The summed E-state index contributed by atoms with van der Waals surface area (Å²) in [6.07, 6.45) is 7.28. The van der Waals surface area contributed by atoms with Gasteiger partial charge in [0.25, 0.3) is 0 Å². The van der Waals surface area contributed by atoms with Crippen LogP contribution in [0.3, 0.4) is 0 Å². The number of guanidine groups is 1. The highest BCUT2D eigenvalue weighted by molar-refractivity contribution is 14.0. The van der Waals surface area contributed by atoms with E-state index in [1.54, 1.807) is 0 Å². The van der Waals surface area contributed by atoms with Crippen molar-refractivity contribution in [1.29, 1.82) is 0 Å². The smallest absolute Gasteiger partial charge is 0.191 e. The molecule has 5 nitrogen and oxygen atoms in total. The van der Waals surface area contributed by atoms with Gasteiger partial charge in [-0.2, -0.15) is 0 Å². The van der Waals surface area contributed by atoms with Crippen LogP contribution in [0.2, 0.25) is 0 Å². The lowest BCUT2D eigenvalue weighted by Gasteiger charge is -2.15.